The van der Waals surface area contributed by atoms with Crippen LogP contribution in [0.4, 0.5) is 0 Å². The zero-order chi connectivity index (χ0) is 6.69. The molecule has 0 radical (unpaired) electrons. The summed E-state index contributed by atoms with van der Waals surface area (Å²) in [5.74, 6) is 0.745. The van der Waals surface area contributed by atoms with Gasteiger partial charge < -0.3 is 6.15 Å². The lowest BCUT2D eigenvalue weighted by atomic mass is 9.95. The van der Waals surface area contributed by atoms with Crippen LogP contribution in [0.3, 0.4) is 0 Å². The van der Waals surface area contributed by atoms with Crippen LogP contribution in [0, 0.1) is 5.92 Å². The van der Waals surface area contributed by atoms with Crippen LogP contribution >= 0.6 is 0 Å². The maximum atomic E-state index is 2.25. The van der Waals surface area contributed by atoms with Gasteiger partial charge in [0.25, 0.3) is 0 Å². The zero-order valence-corrected chi connectivity index (χ0v) is 6.93. The molecule has 1 nitrogen and oxygen atoms in total. The van der Waals surface area contributed by atoms with Crippen molar-refractivity contribution in [3.63, 3.8) is 0 Å². The smallest absolute Gasteiger partial charge is 0 e. The topological polar surface area (TPSA) is 35.0 Å². The lowest BCUT2D eigenvalue weighted by Gasteiger charge is -2.11. The van der Waals surface area contributed by atoms with Crippen molar-refractivity contribution in [2.75, 3.05) is 0 Å². The molecule has 0 aromatic heterocycles. The van der Waals surface area contributed by atoms with E-state index >= 15 is 0 Å². The minimum atomic E-state index is 0. The zero-order valence-electron chi connectivity index (χ0n) is 6.93. The quantitative estimate of drug-likeness (QED) is 0.597. The molecule has 0 fully saturated rings. The molecule has 10 heavy (non-hydrogen) atoms. The molecule has 0 atom stereocenters. The molecule has 0 spiro atoms. The van der Waals surface area contributed by atoms with Crippen LogP contribution in [-0.4, -0.2) is 0 Å². The molecule has 0 aromatic rings. The highest BCUT2D eigenvalue weighted by atomic mass is 14.1. The van der Waals surface area contributed by atoms with E-state index in [9.17, 15) is 0 Å². The molecule has 1 heteroatoms. The van der Waals surface area contributed by atoms with Crippen LogP contribution in [0.1, 0.15) is 28.1 Å². The molecule has 0 aromatic carbocycles. The van der Waals surface area contributed by atoms with Crippen LogP contribution in [0.15, 0.2) is 23.8 Å². The van der Waals surface area contributed by atoms with Crippen molar-refractivity contribution in [3.05, 3.63) is 23.8 Å². The van der Waals surface area contributed by atoms with Crippen LogP contribution in [-0.2, 0) is 0 Å². The third kappa shape index (κ3) is 2.36. The molecule has 0 saturated heterocycles. The first kappa shape index (κ1) is 9.44. The van der Waals surface area contributed by atoms with E-state index in [1.807, 2.05) is 0 Å². The van der Waals surface area contributed by atoms with Gasteiger partial charge in [-0.3, -0.25) is 0 Å². The summed E-state index contributed by atoms with van der Waals surface area (Å²) in [5, 5.41) is 0. The molecule has 0 amide bonds. The number of hydrogen-bond acceptors (Lipinski definition) is 1. The van der Waals surface area contributed by atoms with Crippen LogP contribution in [0.25, 0.3) is 0 Å². The summed E-state index contributed by atoms with van der Waals surface area (Å²) in [6.07, 6.45) is 9.15. The van der Waals surface area contributed by atoms with Crippen molar-refractivity contribution in [2.45, 2.75) is 26.7 Å². The minimum Gasteiger partial charge on any atom is -0.344 e. The first-order valence-corrected chi connectivity index (χ1v) is 3.66. The molecule has 3 N–H and O–H groups in total. The Kier molecular flexibility index (Phi) is 4.05. The standard InChI is InChI=1S/C9H14.H3N.H2/c1-8(2)9-6-4-3-5-7-9;;/h3-4,6,8H,5,7H2,1-2H3;1H3;1H. The molecular weight excluding hydrogens is 122 g/mol. The fourth-order valence-corrected chi connectivity index (χ4v) is 1.10. The van der Waals surface area contributed by atoms with Crippen molar-refractivity contribution >= 4 is 0 Å². The summed E-state index contributed by atoms with van der Waals surface area (Å²) in [4.78, 5) is 0. The highest BCUT2D eigenvalue weighted by Gasteiger charge is 2.02. The second-order valence-electron chi connectivity index (χ2n) is 2.86. The van der Waals surface area contributed by atoms with Crippen LogP contribution in [0.2, 0.25) is 0 Å². The van der Waals surface area contributed by atoms with Gasteiger partial charge >= 0.3 is 0 Å². The SMILES string of the molecule is CC(C)C1=CC=CCC1.N.[HH]. The van der Waals surface area contributed by atoms with Gasteiger partial charge in [-0.2, -0.15) is 0 Å². The molecule has 0 saturated carbocycles. The maximum absolute atomic E-state index is 2.25. The Hall–Kier alpha value is -0.560. The Labute approximate surface area is 64.9 Å². The first-order chi connectivity index (χ1) is 4.30. The highest BCUT2D eigenvalue weighted by molar-refractivity contribution is 5.18. The van der Waals surface area contributed by atoms with Crippen molar-refractivity contribution in [1.29, 1.82) is 0 Å². The van der Waals surface area contributed by atoms with Crippen LogP contribution in [0.5, 0.6) is 0 Å². The molecule has 0 unspecified atom stereocenters. The van der Waals surface area contributed by atoms with E-state index in [4.69, 9.17) is 0 Å². The summed E-state index contributed by atoms with van der Waals surface area (Å²) in [7, 11) is 0. The predicted molar refractivity (Wildman–Crippen MR) is 48.4 cm³/mol. The van der Waals surface area contributed by atoms with E-state index in [-0.39, 0.29) is 7.58 Å². The molecule has 1 aliphatic carbocycles. The maximum Gasteiger partial charge on any atom is 0 e. The third-order valence-electron chi connectivity index (χ3n) is 1.79. The van der Waals surface area contributed by atoms with Crippen molar-refractivity contribution in [1.82, 2.24) is 6.15 Å². The van der Waals surface area contributed by atoms with Gasteiger partial charge in [0.1, 0.15) is 0 Å². The van der Waals surface area contributed by atoms with E-state index in [1.165, 1.54) is 12.8 Å². The van der Waals surface area contributed by atoms with Gasteiger partial charge in [0.15, 0.2) is 0 Å². The number of rotatable bonds is 1. The van der Waals surface area contributed by atoms with E-state index in [2.05, 4.69) is 32.1 Å². The van der Waals surface area contributed by atoms with E-state index in [1.54, 1.807) is 5.57 Å². The molecular formula is C9H19N. The fourth-order valence-electron chi connectivity index (χ4n) is 1.10. The molecule has 60 valence electrons. The Morgan fingerprint density at radius 2 is 2.20 bits per heavy atom. The molecule has 0 heterocycles. The lowest BCUT2D eigenvalue weighted by molar-refractivity contribution is 0.709. The largest absolute Gasteiger partial charge is 0.344 e. The number of hydrogen-bond donors (Lipinski definition) is 1. The first-order valence-electron chi connectivity index (χ1n) is 3.66. The molecule has 1 rings (SSSR count). The average Bonchev–Trinajstić information content (AvgIpc) is 1.90. The summed E-state index contributed by atoms with van der Waals surface area (Å²) < 4.78 is 0. The number of allylic oxidation sites excluding steroid dienone is 4. The second-order valence-corrected chi connectivity index (χ2v) is 2.86. The minimum absolute atomic E-state index is 0. The fraction of sp³-hybridized carbons (Fsp3) is 0.556. The molecule has 0 bridgehead atoms. The van der Waals surface area contributed by atoms with E-state index in [0.717, 1.165) is 5.92 Å². The second kappa shape index (κ2) is 4.29. The van der Waals surface area contributed by atoms with Gasteiger partial charge in [-0.1, -0.05) is 37.6 Å². The van der Waals surface area contributed by atoms with Crippen LogP contribution < -0.4 is 6.15 Å². The average molecular weight is 141 g/mol. The van der Waals surface area contributed by atoms with Gasteiger partial charge in [0, 0.05) is 1.43 Å². The van der Waals surface area contributed by atoms with Gasteiger partial charge in [0.2, 0.25) is 0 Å². The Morgan fingerprint density at radius 3 is 2.50 bits per heavy atom. The molecule has 0 aliphatic heterocycles. The Balaban J connectivity index is 0. The normalized spacial score (nSPS) is 16.5. The van der Waals surface area contributed by atoms with Gasteiger partial charge in [-0.05, 0) is 18.8 Å². The summed E-state index contributed by atoms with van der Waals surface area (Å²) >= 11 is 0. The Morgan fingerprint density at radius 1 is 1.50 bits per heavy atom. The van der Waals surface area contributed by atoms with Crippen molar-refractivity contribution < 1.29 is 1.43 Å². The van der Waals surface area contributed by atoms with Crippen molar-refractivity contribution in [3.8, 4) is 0 Å². The monoisotopic (exact) mass is 141 g/mol. The summed E-state index contributed by atoms with van der Waals surface area (Å²) in [6.45, 7) is 4.51. The van der Waals surface area contributed by atoms with E-state index in [0.29, 0.717) is 0 Å². The predicted octanol–water partition coefficient (Wildman–Crippen LogP) is 3.33. The Bertz CT molecular complexity index is 148. The lowest BCUT2D eigenvalue weighted by Crippen LogP contribution is -1.95. The summed E-state index contributed by atoms with van der Waals surface area (Å²) in [6, 6.07) is 0. The highest BCUT2D eigenvalue weighted by Crippen LogP contribution is 2.19. The third-order valence-corrected chi connectivity index (χ3v) is 1.79. The van der Waals surface area contributed by atoms with Crippen molar-refractivity contribution in [2.24, 2.45) is 5.92 Å². The van der Waals surface area contributed by atoms with Gasteiger partial charge in [0.05, 0.1) is 0 Å². The van der Waals surface area contributed by atoms with E-state index < -0.39 is 0 Å². The van der Waals surface area contributed by atoms with Gasteiger partial charge in [-0.25, -0.2) is 0 Å². The molecule has 1 aliphatic rings. The summed E-state index contributed by atoms with van der Waals surface area (Å²) in [5.41, 5.74) is 1.59. The van der Waals surface area contributed by atoms with Gasteiger partial charge in [-0.15, -0.1) is 0 Å².